The van der Waals surface area contributed by atoms with Crippen molar-refractivity contribution in [3.8, 4) is 5.75 Å². The smallest absolute Gasteiger partial charge is 0.121 e. The molecule has 0 unspecified atom stereocenters. The molecule has 1 rings (SSSR count). The van der Waals surface area contributed by atoms with E-state index in [9.17, 15) is 10.2 Å². The van der Waals surface area contributed by atoms with Gasteiger partial charge in [0.1, 0.15) is 5.75 Å². The van der Waals surface area contributed by atoms with Crippen molar-refractivity contribution in [1.29, 1.82) is 0 Å². The van der Waals surface area contributed by atoms with Gasteiger partial charge in [-0.05, 0) is 37.1 Å². The molecule has 0 bridgehead atoms. The van der Waals surface area contributed by atoms with Crippen molar-refractivity contribution in [2.24, 2.45) is 0 Å². The second-order valence-corrected chi connectivity index (χ2v) is 5.52. The molecule has 0 aromatic heterocycles. The number of benzene rings is 1. The summed E-state index contributed by atoms with van der Waals surface area (Å²) in [6.45, 7) is 2.21. The number of unbranched alkanes of at least 4 members (excludes halogenated alkanes) is 3. The van der Waals surface area contributed by atoms with Crippen molar-refractivity contribution in [2.75, 3.05) is 32.9 Å². The zero-order valence-corrected chi connectivity index (χ0v) is 13.6. The van der Waals surface area contributed by atoms with E-state index >= 15 is 0 Å². The number of nitrogens with one attached hydrogen (secondary N) is 1. The van der Waals surface area contributed by atoms with Crippen LogP contribution in [-0.2, 0) is 11.3 Å². The minimum absolute atomic E-state index is 0.0411. The van der Waals surface area contributed by atoms with Crippen LogP contribution >= 0.6 is 0 Å². The van der Waals surface area contributed by atoms with Crippen molar-refractivity contribution < 1.29 is 25.2 Å². The molecule has 6 nitrogen and oxygen atoms in total. The fourth-order valence-corrected chi connectivity index (χ4v) is 2.27. The Morgan fingerprint density at radius 1 is 1.04 bits per heavy atom. The third-order valence-corrected chi connectivity index (χ3v) is 3.62. The summed E-state index contributed by atoms with van der Waals surface area (Å²) >= 11 is 0. The van der Waals surface area contributed by atoms with Crippen LogP contribution in [0.2, 0.25) is 0 Å². The SMILES string of the molecule is OCCOCCCCCCNC[C@H](O)c1ccc(O)c(CO)c1. The van der Waals surface area contributed by atoms with Gasteiger partial charge >= 0.3 is 0 Å². The van der Waals surface area contributed by atoms with Crippen LogP contribution in [-0.4, -0.2) is 53.3 Å². The van der Waals surface area contributed by atoms with Crippen molar-refractivity contribution in [3.05, 3.63) is 29.3 Å². The van der Waals surface area contributed by atoms with Crippen molar-refractivity contribution in [2.45, 2.75) is 38.4 Å². The molecule has 0 aliphatic rings. The van der Waals surface area contributed by atoms with Crippen LogP contribution in [0.4, 0.5) is 0 Å². The van der Waals surface area contributed by atoms with Crippen LogP contribution in [0.15, 0.2) is 18.2 Å². The normalized spacial score (nSPS) is 12.5. The first-order valence-electron chi connectivity index (χ1n) is 8.19. The number of phenols is 1. The molecule has 6 heteroatoms. The Balaban J connectivity index is 2.09. The van der Waals surface area contributed by atoms with E-state index < -0.39 is 6.10 Å². The minimum atomic E-state index is -0.659. The van der Waals surface area contributed by atoms with Gasteiger partial charge in [-0.2, -0.15) is 0 Å². The van der Waals surface area contributed by atoms with E-state index in [1.807, 2.05) is 0 Å². The third-order valence-electron chi connectivity index (χ3n) is 3.62. The molecule has 0 spiro atoms. The Morgan fingerprint density at radius 2 is 1.83 bits per heavy atom. The van der Waals surface area contributed by atoms with Crippen LogP contribution < -0.4 is 5.32 Å². The monoisotopic (exact) mass is 327 g/mol. The molecule has 1 atom stereocenters. The van der Waals surface area contributed by atoms with Gasteiger partial charge in [0.15, 0.2) is 0 Å². The molecule has 0 amide bonds. The maximum absolute atomic E-state index is 10.1. The molecule has 0 fully saturated rings. The lowest BCUT2D eigenvalue weighted by molar-refractivity contribution is 0.0895. The van der Waals surface area contributed by atoms with E-state index in [-0.39, 0.29) is 19.0 Å². The fourth-order valence-electron chi connectivity index (χ4n) is 2.27. The summed E-state index contributed by atoms with van der Waals surface area (Å²) in [5, 5.41) is 40.5. The van der Waals surface area contributed by atoms with Crippen LogP contribution in [0.25, 0.3) is 0 Å². The van der Waals surface area contributed by atoms with Gasteiger partial charge in [0.2, 0.25) is 0 Å². The van der Waals surface area contributed by atoms with Gasteiger partial charge < -0.3 is 30.5 Å². The van der Waals surface area contributed by atoms with Gasteiger partial charge in [-0.25, -0.2) is 0 Å². The first-order valence-corrected chi connectivity index (χ1v) is 8.19. The van der Waals surface area contributed by atoms with Crippen molar-refractivity contribution in [1.82, 2.24) is 5.32 Å². The maximum atomic E-state index is 10.1. The quantitative estimate of drug-likeness (QED) is 0.347. The number of rotatable bonds is 13. The minimum Gasteiger partial charge on any atom is -0.508 e. The van der Waals surface area contributed by atoms with Crippen molar-refractivity contribution in [3.63, 3.8) is 0 Å². The Bertz CT molecular complexity index is 427. The largest absolute Gasteiger partial charge is 0.508 e. The van der Waals surface area contributed by atoms with E-state index in [4.69, 9.17) is 14.9 Å². The zero-order chi connectivity index (χ0) is 16.9. The molecule has 23 heavy (non-hydrogen) atoms. The first-order chi connectivity index (χ1) is 11.2. The average Bonchev–Trinajstić information content (AvgIpc) is 2.56. The lowest BCUT2D eigenvalue weighted by Gasteiger charge is -2.14. The van der Waals surface area contributed by atoms with Gasteiger partial charge in [0.05, 0.1) is 25.9 Å². The van der Waals surface area contributed by atoms with Gasteiger partial charge in [0, 0.05) is 18.7 Å². The van der Waals surface area contributed by atoms with E-state index in [0.717, 1.165) is 32.2 Å². The van der Waals surface area contributed by atoms with E-state index in [0.29, 0.717) is 30.9 Å². The maximum Gasteiger partial charge on any atom is 0.121 e. The molecule has 0 aliphatic heterocycles. The number of ether oxygens (including phenoxy) is 1. The molecule has 0 aliphatic carbocycles. The first kappa shape index (κ1) is 19.9. The Labute approximate surface area is 137 Å². The van der Waals surface area contributed by atoms with Crippen LogP contribution in [0.3, 0.4) is 0 Å². The second-order valence-electron chi connectivity index (χ2n) is 5.52. The highest BCUT2D eigenvalue weighted by atomic mass is 16.5. The summed E-state index contributed by atoms with van der Waals surface area (Å²) in [6, 6.07) is 4.77. The predicted octanol–water partition coefficient (Wildman–Crippen LogP) is 1.08. The fraction of sp³-hybridized carbons (Fsp3) is 0.647. The van der Waals surface area contributed by atoms with E-state index in [2.05, 4.69) is 5.32 Å². The topological polar surface area (TPSA) is 102 Å². The lowest BCUT2D eigenvalue weighted by Crippen LogP contribution is -2.22. The Kier molecular flexibility index (Phi) is 10.6. The van der Waals surface area contributed by atoms with Crippen LogP contribution in [0, 0.1) is 0 Å². The van der Waals surface area contributed by atoms with Gasteiger partial charge in [-0.1, -0.05) is 18.9 Å². The van der Waals surface area contributed by atoms with Gasteiger partial charge in [-0.15, -0.1) is 0 Å². The van der Waals surface area contributed by atoms with Crippen LogP contribution in [0.5, 0.6) is 5.75 Å². The van der Waals surface area contributed by atoms with Crippen LogP contribution in [0.1, 0.15) is 42.9 Å². The van der Waals surface area contributed by atoms with Crippen molar-refractivity contribution >= 4 is 0 Å². The number of aromatic hydroxyl groups is 1. The summed E-state index contributed by atoms with van der Waals surface area (Å²) in [6.07, 6.45) is 3.56. The molecule has 1 aromatic carbocycles. The zero-order valence-electron chi connectivity index (χ0n) is 13.6. The van der Waals surface area contributed by atoms with Gasteiger partial charge in [-0.3, -0.25) is 0 Å². The third kappa shape index (κ3) is 8.29. The molecule has 1 aromatic rings. The molecule has 0 radical (unpaired) electrons. The highest BCUT2D eigenvalue weighted by Gasteiger charge is 2.09. The van der Waals surface area contributed by atoms with E-state index in [1.165, 1.54) is 6.07 Å². The molecule has 0 saturated heterocycles. The second kappa shape index (κ2) is 12.3. The Hall–Kier alpha value is -1.18. The van der Waals surface area contributed by atoms with Gasteiger partial charge in [0.25, 0.3) is 0 Å². The number of hydrogen-bond donors (Lipinski definition) is 5. The molecular formula is C17H29NO5. The van der Waals surface area contributed by atoms with E-state index in [1.54, 1.807) is 12.1 Å². The number of hydrogen-bond acceptors (Lipinski definition) is 6. The Morgan fingerprint density at radius 3 is 2.57 bits per heavy atom. The summed E-state index contributed by atoms with van der Waals surface area (Å²) < 4.78 is 5.18. The summed E-state index contributed by atoms with van der Waals surface area (Å²) in [5.41, 5.74) is 1.10. The number of aliphatic hydroxyl groups excluding tert-OH is 3. The highest BCUT2D eigenvalue weighted by molar-refractivity contribution is 5.36. The number of aliphatic hydroxyl groups is 3. The molecule has 132 valence electrons. The standard InChI is InChI=1S/C17H29NO5/c19-8-10-23-9-4-2-1-3-7-18-12-17(22)14-5-6-16(21)15(11-14)13-20/h5-6,11,17-22H,1-4,7-10,12-13H2/t17-/m0/s1. The summed E-state index contributed by atoms with van der Waals surface area (Å²) in [4.78, 5) is 0. The summed E-state index contributed by atoms with van der Waals surface area (Å²) in [5.74, 6) is 0.0411. The summed E-state index contributed by atoms with van der Waals surface area (Å²) in [7, 11) is 0. The predicted molar refractivity (Wildman–Crippen MR) is 88.2 cm³/mol. The lowest BCUT2D eigenvalue weighted by atomic mass is 10.1. The molecular weight excluding hydrogens is 298 g/mol. The molecule has 5 N–H and O–H groups in total. The highest BCUT2D eigenvalue weighted by Crippen LogP contribution is 2.22. The average molecular weight is 327 g/mol. The molecule has 0 saturated carbocycles. The molecule has 0 heterocycles.